The number of halogens is 1. The van der Waals surface area contributed by atoms with Gasteiger partial charge in [-0.25, -0.2) is 0 Å². The van der Waals surface area contributed by atoms with E-state index in [1.807, 2.05) is 0 Å². The SMILES string of the molecule is CCOP(=O)(O)C(C)Br. The van der Waals surface area contributed by atoms with Crippen LogP contribution < -0.4 is 0 Å². The van der Waals surface area contributed by atoms with E-state index in [-0.39, 0.29) is 6.61 Å². The van der Waals surface area contributed by atoms with Gasteiger partial charge in [-0.15, -0.1) is 0 Å². The van der Waals surface area contributed by atoms with Crippen LogP contribution in [0.15, 0.2) is 0 Å². The lowest BCUT2D eigenvalue weighted by Gasteiger charge is -2.11. The first kappa shape index (κ1) is 9.63. The second-order valence-corrected chi connectivity index (χ2v) is 5.80. The molecule has 0 bridgehead atoms. The van der Waals surface area contributed by atoms with Gasteiger partial charge in [0.2, 0.25) is 0 Å². The van der Waals surface area contributed by atoms with Gasteiger partial charge < -0.3 is 9.42 Å². The summed E-state index contributed by atoms with van der Waals surface area (Å²) in [5.41, 5.74) is 0. The second kappa shape index (κ2) is 3.71. The first-order valence-corrected chi connectivity index (χ1v) is 5.18. The summed E-state index contributed by atoms with van der Waals surface area (Å²) in [7, 11) is -3.35. The Balaban J connectivity index is 3.87. The number of alkyl halides is 1. The molecule has 56 valence electrons. The van der Waals surface area contributed by atoms with Gasteiger partial charge in [0.15, 0.2) is 0 Å². The molecule has 2 atom stereocenters. The van der Waals surface area contributed by atoms with Crippen LogP contribution in [-0.2, 0) is 9.09 Å². The van der Waals surface area contributed by atoms with Crippen molar-refractivity contribution in [3.05, 3.63) is 0 Å². The van der Waals surface area contributed by atoms with E-state index in [4.69, 9.17) is 4.89 Å². The molecule has 0 aliphatic heterocycles. The van der Waals surface area contributed by atoms with Gasteiger partial charge in [0.25, 0.3) is 0 Å². The van der Waals surface area contributed by atoms with Crippen LogP contribution in [0, 0.1) is 0 Å². The largest absolute Gasteiger partial charge is 0.341 e. The molecule has 0 aromatic rings. The molecule has 0 spiro atoms. The number of hydrogen-bond donors (Lipinski definition) is 1. The van der Waals surface area contributed by atoms with Gasteiger partial charge in [0.1, 0.15) is 4.57 Å². The van der Waals surface area contributed by atoms with Gasteiger partial charge in [-0.1, -0.05) is 15.9 Å². The maximum absolute atomic E-state index is 10.8. The first-order chi connectivity index (χ1) is 4.00. The van der Waals surface area contributed by atoms with E-state index >= 15 is 0 Å². The van der Waals surface area contributed by atoms with Crippen molar-refractivity contribution in [1.29, 1.82) is 0 Å². The molecule has 0 aliphatic carbocycles. The average molecular weight is 217 g/mol. The Kier molecular flexibility index (Phi) is 3.97. The fourth-order valence-electron chi connectivity index (χ4n) is 0.288. The highest BCUT2D eigenvalue weighted by atomic mass is 79.9. The van der Waals surface area contributed by atoms with E-state index in [2.05, 4.69) is 20.5 Å². The lowest BCUT2D eigenvalue weighted by Crippen LogP contribution is -1.97. The summed E-state index contributed by atoms with van der Waals surface area (Å²) in [5, 5.41) is 0. The lowest BCUT2D eigenvalue weighted by molar-refractivity contribution is 0.273. The zero-order valence-electron chi connectivity index (χ0n) is 5.37. The molecule has 0 rings (SSSR count). The van der Waals surface area contributed by atoms with Gasteiger partial charge in [-0.05, 0) is 13.8 Å². The van der Waals surface area contributed by atoms with Crippen molar-refractivity contribution in [3.8, 4) is 0 Å². The van der Waals surface area contributed by atoms with Crippen molar-refractivity contribution in [2.45, 2.75) is 18.4 Å². The third kappa shape index (κ3) is 3.36. The third-order valence-electron chi connectivity index (χ3n) is 0.764. The van der Waals surface area contributed by atoms with Crippen LogP contribution in [0.2, 0.25) is 0 Å². The van der Waals surface area contributed by atoms with E-state index in [1.54, 1.807) is 13.8 Å². The molecule has 0 aromatic carbocycles. The molecule has 1 N–H and O–H groups in total. The molecule has 0 saturated carbocycles. The van der Waals surface area contributed by atoms with Crippen molar-refractivity contribution in [3.63, 3.8) is 0 Å². The zero-order valence-corrected chi connectivity index (χ0v) is 7.85. The third-order valence-corrected chi connectivity index (χ3v) is 3.84. The fourth-order valence-corrected chi connectivity index (χ4v) is 1.22. The molecule has 0 fully saturated rings. The highest BCUT2D eigenvalue weighted by Crippen LogP contribution is 2.49. The van der Waals surface area contributed by atoms with E-state index in [0.29, 0.717) is 0 Å². The predicted octanol–water partition coefficient (Wildman–Crippen LogP) is 1.95. The van der Waals surface area contributed by atoms with E-state index in [1.165, 1.54) is 0 Å². The van der Waals surface area contributed by atoms with Crippen molar-refractivity contribution in [2.24, 2.45) is 0 Å². The van der Waals surface area contributed by atoms with Gasteiger partial charge >= 0.3 is 7.60 Å². The summed E-state index contributed by atoms with van der Waals surface area (Å²) in [6, 6.07) is 0. The van der Waals surface area contributed by atoms with Gasteiger partial charge in [0, 0.05) is 0 Å². The minimum absolute atomic E-state index is 0.268. The summed E-state index contributed by atoms with van der Waals surface area (Å²) in [6.07, 6.45) is 0. The minimum atomic E-state index is -3.35. The summed E-state index contributed by atoms with van der Waals surface area (Å²) >= 11 is 2.96. The normalized spacial score (nSPS) is 20.9. The maximum atomic E-state index is 10.8. The summed E-state index contributed by atoms with van der Waals surface area (Å²) in [4.78, 5) is 8.88. The van der Waals surface area contributed by atoms with Gasteiger partial charge in [-0.2, -0.15) is 0 Å². The molecule has 0 heterocycles. The minimum Gasteiger partial charge on any atom is -0.324 e. The maximum Gasteiger partial charge on any atom is 0.341 e. The van der Waals surface area contributed by atoms with Crippen molar-refractivity contribution < 1.29 is 14.0 Å². The molecule has 0 amide bonds. The van der Waals surface area contributed by atoms with Crippen molar-refractivity contribution in [1.82, 2.24) is 0 Å². The summed E-state index contributed by atoms with van der Waals surface area (Å²) in [6.45, 7) is 3.53. The molecule has 0 radical (unpaired) electrons. The van der Waals surface area contributed by atoms with Gasteiger partial charge in [0.05, 0.1) is 6.61 Å². The Bertz CT molecular complexity index is 125. The van der Waals surface area contributed by atoms with Crippen LogP contribution in [0.4, 0.5) is 0 Å². The summed E-state index contributed by atoms with van der Waals surface area (Å²) in [5.74, 6) is 0. The van der Waals surface area contributed by atoms with Crippen LogP contribution in [0.5, 0.6) is 0 Å². The molecule has 0 aromatic heterocycles. The molecule has 5 heteroatoms. The van der Waals surface area contributed by atoms with Crippen LogP contribution >= 0.6 is 23.5 Å². The van der Waals surface area contributed by atoms with E-state index in [0.717, 1.165) is 0 Å². The Labute approximate surface area is 63.1 Å². The van der Waals surface area contributed by atoms with E-state index in [9.17, 15) is 4.57 Å². The van der Waals surface area contributed by atoms with Crippen LogP contribution in [0.1, 0.15) is 13.8 Å². The molecule has 9 heavy (non-hydrogen) atoms. The Hall–Kier alpha value is 0.630. The number of rotatable bonds is 3. The molecule has 0 aliphatic rings. The van der Waals surface area contributed by atoms with Crippen molar-refractivity contribution in [2.75, 3.05) is 6.61 Å². The standard InChI is InChI=1S/C4H10BrO3P/c1-3-8-9(6,7)4(2)5/h4H,3H2,1-2H3,(H,6,7). The van der Waals surface area contributed by atoms with E-state index < -0.39 is 12.2 Å². The van der Waals surface area contributed by atoms with Crippen LogP contribution in [-0.4, -0.2) is 16.1 Å². The monoisotopic (exact) mass is 216 g/mol. The topological polar surface area (TPSA) is 46.5 Å². The molecular weight excluding hydrogens is 207 g/mol. The fraction of sp³-hybridized carbons (Fsp3) is 1.00. The first-order valence-electron chi connectivity index (χ1n) is 2.61. The second-order valence-electron chi connectivity index (χ2n) is 1.56. The molecule has 2 unspecified atom stereocenters. The Morgan fingerprint density at radius 1 is 1.89 bits per heavy atom. The highest BCUT2D eigenvalue weighted by Gasteiger charge is 2.24. The molecule has 0 saturated heterocycles. The van der Waals surface area contributed by atoms with Crippen LogP contribution in [0.3, 0.4) is 0 Å². The average Bonchev–Trinajstić information content (AvgIpc) is 1.65. The molecular formula is C4H10BrO3P. The van der Waals surface area contributed by atoms with Gasteiger partial charge in [-0.3, -0.25) is 4.57 Å². The molecule has 3 nitrogen and oxygen atoms in total. The predicted molar refractivity (Wildman–Crippen MR) is 39.8 cm³/mol. The van der Waals surface area contributed by atoms with Crippen molar-refractivity contribution >= 4 is 23.5 Å². The number of hydrogen-bond acceptors (Lipinski definition) is 2. The zero-order chi connectivity index (χ0) is 7.49. The summed E-state index contributed by atoms with van der Waals surface area (Å²) < 4.78 is 14.9. The Morgan fingerprint density at radius 3 is 2.44 bits per heavy atom. The van der Waals surface area contributed by atoms with Crippen LogP contribution in [0.25, 0.3) is 0 Å². The lowest BCUT2D eigenvalue weighted by atomic mass is 10.9. The highest BCUT2D eigenvalue weighted by molar-refractivity contribution is 9.10. The smallest absolute Gasteiger partial charge is 0.324 e. The Morgan fingerprint density at radius 2 is 2.33 bits per heavy atom. The quantitative estimate of drug-likeness (QED) is 0.580.